The van der Waals surface area contributed by atoms with Gasteiger partial charge in [0.05, 0.1) is 17.4 Å². The van der Waals surface area contributed by atoms with Crippen LogP contribution in [0.3, 0.4) is 0 Å². The Balaban J connectivity index is 1.59. The molecule has 0 aliphatic heterocycles. The smallest absolute Gasteiger partial charge is 0.392 e. The average molecular weight is 501 g/mol. The van der Waals surface area contributed by atoms with E-state index in [1.54, 1.807) is 0 Å². The largest absolute Gasteiger partial charge is 0.416 e. The average Bonchev–Trinajstić information content (AvgIpc) is 3.23. The number of anilines is 2. The van der Waals surface area contributed by atoms with Crippen LogP contribution in [0.25, 0.3) is 22.4 Å². The topological polar surface area (TPSA) is 58.0 Å². The zero-order valence-electron chi connectivity index (χ0n) is 18.4. The Morgan fingerprint density at radius 1 is 0.861 bits per heavy atom. The summed E-state index contributed by atoms with van der Waals surface area (Å²) < 4.78 is 81.7. The van der Waals surface area contributed by atoms with E-state index in [9.17, 15) is 31.4 Å². The minimum Gasteiger partial charge on any atom is -0.392 e. The molecule has 0 spiro atoms. The Hall–Kier alpha value is -3.92. The van der Waals surface area contributed by atoms with Crippen molar-refractivity contribution in [2.24, 2.45) is 0 Å². The van der Waals surface area contributed by atoms with E-state index >= 15 is 0 Å². The maximum absolute atomic E-state index is 13.9. The van der Waals surface area contributed by atoms with Crippen LogP contribution in [-0.4, -0.2) is 21.2 Å². The minimum absolute atomic E-state index is 0.132. The van der Waals surface area contributed by atoms with Gasteiger partial charge in [-0.25, -0.2) is 23.1 Å². The number of aromatic nitrogens is 2. The minimum atomic E-state index is -4.72. The van der Waals surface area contributed by atoms with Crippen LogP contribution in [0.15, 0.2) is 60.9 Å². The molecule has 1 aliphatic rings. The summed E-state index contributed by atoms with van der Waals surface area (Å²) in [5.41, 5.74) is 1.43. The van der Waals surface area contributed by atoms with Crippen LogP contribution in [0, 0.1) is 17.5 Å². The number of aliphatic hydroxyl groups is 1. The first-order valence-corrected chi connectivity index (χ1v) is 10.8. The molecule has 1 heterocycles. The fourth-order valence-electron chi connectivity index (χ4n) is 4.35. The van der Waals surface area contributed by atoms with E-state index in [4.69, 9.17) is 0 Å². The third kappa shape index (κ3) is 4.51. The van der Waals surface area contributed by atoms with Crippen molar-refractivity contribution in [3.8, 4) is 22.4 Å². The van der Waals surface area contributed by atoms with Gasteiger partial charge in [-0.3, -0.25) is 0 Å². The Morgan fingerprint density at radius 3 is 2.33 bits per heavy atom. The Labute approximate surface area is 201 Å². The number of hydrogen-bond acceptors (Lipinski definition) is 4. The van der Waals surface area contributed by atoms with Crippen molar-refractivity contribution in [1.82, 2.24) is 9.97 Å². The lowest BCUT2D eigenvalue weighted by Gasteiger charge is -2.15. The summed E-state index contributed by atoms with van der Waals surface area (Å²) in [4.78, 5) is 8.31. The first kappa shape index (κ1) is 23.8. The molecule has 3 aromatic carbocycles. The fourth-order valence-corrected chi connectivity index (χ4v) is 4.35. The zero-order chi connectivity index (χ0) is 25.6. The van der Waals surface area contributed by atoms with Gasteiger partial charge in [0, 0.05) is 23.7 Å². The second-order valence-corrected chi connectivity index (χ2v) is 8.43. The second-order valence-electron chi connectivity index (χ2n) is 8.43. The molecule has 1 aliphatic carbocycles. The molecule has 0 radical (unpaired) electrons. The summed E-state index contributed by atoms with van der Waals surface area (Å²) in [6.45, 7) is 0. The van der Waals surface area contributed by atoms with Crippen molar-refractivity contribution in [2.75, 3.05) is 5.32 Å². The van der Waals surface area contributed by atoms with E-state index in [2.05, 4.69) is 15.3 Å². The number of nitrogens with one attached hydrogen (secondary N) is 1. The highest BCUT2D eigenvalue weighted by molar-refractivity contribution is 5.83. The van der Waals surface area contributed by atoms with Crippen LogP contribution in [-0.2, 0) is 19.0 Å². The van der Waals surface area contributed by atoms with E-state index in [0.717, 1.165) is 29.3 Å². The van der Waals surface area contributed by atoms with Gasteiger partial charge in [-0.15, -0.1) is 0 Å². The molecule has 4 aromatic rings. The Bertz CT molecular complexity index is 1450. The van der Waals surface area contributed by atoms with Gasteiger partial charge in [0.15, 0.2) is 17.5 Å². The number of rotatable bonds is 4. The van der Waals surface area contributed by atoms with Gasteiger partial charge < -0.3 is 10.4 Å². The lowest BCUT2D eigenvalue weighted by molar-refractivity contribution is -0.137. The molecular formula is C26H17F6N3O. The molecule has 5 rings (SSSR count). The summed E-state index contributed by atoms with van der Waals surface area (Å²) >= 11 is 0. The molecule has 0 saturated heterocycles. The molecule has 184 valence electrons. The standard InChI is InChI=1S/C26H17F6N3O/c27-20-7-14(8-21(28)25(20)29)18-9-15(26(30,31)32)4-5-17(18)23-11-24(34-12-33-23)35-22-3-1-2-13-6-16(36)10-19(13)22/h1-5,7-9,11-12,16,36H,6,10H2,(H,33,34,35). The molecule has 0 fully saturated rings. The van der Waals surface area contributed by atoms with Crippen LogP contribution in [0.2, 0.25) is 0 Å². The van der Waals surface area contributed by atoms with Crippen LogP contribution in [0.4, 0.5) is 37.8 Å². The maximum Gasteiger partial charge on any atom is 0.416 e. The molecule has 0 saturated carbocycles. The first-order chi connectivity index (χ1) is 17.1. The van der Waals surface area contributed by atoms with Crippen molar-refractivity contribution < 1.29 is 31.4 Å². The van der Waals surface area contributed by atoms with Gasteiger partial charge in [-0.05, 0) is 59.0 Å². The summed E-state index contributed by atoms with van der Waals surface area (Å²) in [6.07, 6.45) is -3.03. The third-order valence-electron chi connectivity index (χ3n) is 6.02. The molecule has 1 atom stereocenters. The van der Waals surface area contributed by atoms with E-state index in [0.29, 0.717) is 36.5 Å². The molecule has 36 heavy (non-hydrogen) atoms. The van der Waals surface area contributed by atoms with Crippen LogP contribution in [0.1, 0.15) is 16.7 Å². The summed E-state index contributed by atoms with van der Waals surface area (Å²) in [7, 11) is 0. The number of nitrogens with zero attached hydrogens (tertiary/aromatic N) is 2. The lowest BCUT2D eigenvalue weighted by Crippen LogP contribution is -2.06. The number of fused-ring (bicyclic) bond motifs is 1. The predicted octanol–water partition coefficient (Wildman–Crippen LogP) is 6.45. The fraction of sp³-hybridized carbons (Fsp3) is 0.154. The van der Waals surface area contributed by atoms with Gasteiger partial charge >= 0.3 is 6.18 Å². The van der Waals surface area contributed by atoms with E-state index < -0.39 is 35.3 Å². The van der Waals surface area contributed by atoms with Gasteiger partial charge in [0.25, 0.3) is 0 Å². The molecule has 1 aromatic heterocycles. The quantitative estimate of drug-likeness (QED) is 0.249. The highest BCUT2D eigenvalue weighted by atomic mass is 19.4. The molecule has 1 unspecified atom stereocenters. The van der Waals surface area contributed by atoms with Crippen LogP contribution < -0.4 is 5.32 Å². The van der Waals surface area contributed by atoms with E-state index in [1.165, 1.54) is 12.4 Å². The van der Waals surface area contributed by atoms with Crippen LogP contribution >= 0.6 is 0 Å². The highest BCUT2D eigenvalue weighted by Crippen LogP contribution is 2.39. The summed E-state index contributed by atoms with van der Waals surface area (Å²) in [5, 5.41) is 13.1. The number of benzene rings is 3. The first-order valence-electron chi connectivity index (χ1n) is 10.8. The van der Waals surface area contributed by atoms with Crippen molar-refractivity contribution in [3.63, 3.8) is 0 Å². The molecule has 2 N–H and O–H groups in total. The van der Waals surface area contributed by atoms with Crippen molar-refractivity contribution in [2.45, 2.75) is 25.1 Å². The SMILES string of the molecule is OC1Cc2cccc(Nc3cc(-c4ccc(C(F)(F)F)cc4-c4cc(F)c(F)c(F)c4)ncn3)c2C1. The predicted molar refractivity (Wildman–Crippen MR) is 121 cm³/mol. The van der Waals surface area contributed by atoms with E-state index in [-0.39, 0.29) is 22.4 Å². The van der Waals surface area contributed by atoms with Gasteiger partial charge in [0.1, 0.15) is 12.1 Å². The van der Waals surface area contributed by atoms with Crippen LogP contribution in [0.5, 0.6) is 0 Å². The van der Waals surface area contributed by atoms with Gasteiger partial charge in [-0.2, -0.15) is 13.2 Å². The Kier molecular flexibility index (Phi) is 5.91. The Morgan fingerprint density at radius 2 is 1.61 bits per heavy atom. The van der Waals surface area contributed by atoms with E-state index in [1.807, 2.05) is 18.2 Å². The summed E-state index contributed by atoms with van der Waals surface area (Å²) in [5.74, 6) is -4.46. The number of hydrogen-bond donors (Lipinski definition) is 2. The number of aliphatic hydroxyl groups excluding tert-OH is 1. The maximum atomic E-state index is 13.9. The van der Waals surface area contributed by atoms with Crippen molar-refractivity contribution in [1.29, 1.82) is 0 Å². The second kappa shape index (κ2) is 8.94. The molecule has 0 amide bonds. The zero-order valence-corrected chi connectivity index (χ0v) is 18.4. The lowest BCUT2D eigenvalue weighted by atomic mass is 9.94. The molecule has 10 heteroatoms. The number of alkyl halides is 3. The number of halogens is 6. The van der Waals surface area contributed by atoms with Gasteiger partial charge in [0.2, 0.25) is 0 Å². The molecular weight excluding hydrogens is 484 g/mol. The van der Waals surface area contributed by atoms with Crippen molar-refractivity contribution >= 4 is 11.5 Å². The highest BCUT2D eigenvalue weighted by Gasteiger charge is 2.31. The molecule has 4 nitrogen and oxygen atoms in total. The summed E-state index contributed by atoms with van der Waals surface area (Å²) in [6, 6.07) is 11.0. The third-order valence-corrected chi connectivity index (χ3v) is 6.02. The van der Waals surface area contributed by atoms with Gasteiger partial charge in [-0.1, -0.05) is 18.2 Å². The van der Waals surface area contributed by atoms with Crippen molar-refractivity contribution in [3.05, 3.63) is 95.1 Å². The normalized spacial score (nSPS) is 15.1. The monoisotopic (exact) mass is 501 g/mol. The molecule has 0 bridgehead atoms.